The predicted molar refractivity (Wildman–Crippen MR) is 145 cm³/mol. The van der Waals surface area contributed by atoms with Gasteiger partial charge in [0.2, 0.25) is 21.8 Å². The highest BCUT2D eigenvalue weighted by Gasteiger charge is 2.32. The van der Waals surface area contributed by atoms with Crippen molar-refractivity contribution in [2.24, 2.45) is 0 Å². The fourth-order valence-corrected chi connectivity index (χ4v) is 4.79. The monoisotopic (exact) mass is 533 g/mol. The number of sulfonamides is 1. The van der Waals surface area contributed by atoms with Gasteiger partial charge in [-0.05, 0) is 55.2 Å². The van der Waals surface area contributed by atoms with Crippen LogP contribution in [-0.2, 0) is 26.2 Å². The van der Waals surface area contributed by atoms with E-state index < -0.39 is 28.5 Å². The highest BCUT2D eigenvalue weighted by atomic mass is 32.2. The fourth-order valence-electron chi connectivity index (χ4n) is 3.94. The summed E-state index contributed by atoms with van der Waals surface area (Å²) in [6, 6.07) is 11.5. The Hall–Kier alpha value is -3.27. The molecule has 37 heavy (non-hydrogen) atoms. The van der Waals surface area contributed by atoms with Crippen LogP contribution in [0.1, 0.15) is 44.2 Å². The van der Waals surface area contributed by atoms with Gasteiger partial charge in [0, 0.05) is 13.1 Å². The summed E-state index contributed by atoms with van der Waals surface area (Å²) in [6.45, 7) is 5.85. The van der Waals surface area contributed by atoms with Crippen LogP contribution in [0.4, 0.5) is 5.69 Å². The molecule has 0 aliphatic rings. The van der Waals surface area contributed by atoms with Crippen molar-refractivity contribution in [2.75, 3.05) is 37.9 Å². The van der Waals surface area contributed by atoms with Gasteiger partial charge in [0.25, 0.3) is 0 Å². The number of carbonyl (C=O) groups is 2. The Morgan fingerprint density at radius 2 is 1.70 bits per heavy atom. The molecule has 2 amide bonds. The van der Waals surface area contributed by atoms with Crippen molar-refractivity contribution in [2.45, 2.75) is 52.6 Å². The highest BCUT2D eigenvalue weighted by Crippen LogP contribution is 2.31. The summed E-state index contributed by atoms with van der Waals surface area (Å²) >= 11 is 0. The molecular formula is C27H39N3O6S. The Balaban J connectivity index is 2.47. The molecule has 2 aromatic rings. The number of nitrogens with one attached hydrogen (secondary N) is 1. The van der Waals surface area contributed by atoms with Crippen LogP contribution < -0.4 is 19.1 Å². The minimum absolute atomic E-state index is 0.130. The molecule has 0 aromatic heterocycles. The van der Waals surface area contributed by atoms with Crippen LogP contribution in [0.2, 0.25) is 0 Å². The van der Waals surface area contributed by atoms with Gasteiger partial charge in [0.1, 0.15) is 24.1 Å². The van der Waals surface area contributed by atoms with E-state index in [4.69, 9.17) is 9.47 Å². The lowest BCUT2D eigenvalue weighted by atomic mass is 10.1. The van der Waals surface area contributed by atoms with Gasteiger partial charge in [-0.25, -0.2) is 8.42 Å². The topological polar surface area (TPSA) is 105 Å². The maximum Gasteiger partial charge on any atom is 0.244 e. The zero-order valence-electron chi connectivity index (χ0n) is 22.6. The molecule has 0 radical (unpaired) electrons. The number of methoxy groups -OCH3 is 2. The van der Waals surface area contributed by atoms with E-state index in [0.29, 0.717) is 24.5 Å². The molecule has 0 spiro atoms. The fraction of sp³-hybridized carbons (Fsp3) is 0.481. The second kappa shape index (κ2) is 13.9. The van der Waals surface area contributed by atoms with Crippen LogP contribution in [0, 0.1) is 6.92 Å². The number of anilines is 1. The van der Waals surface area contributed by atoms with E-state index in [1.54, 1.807) is 37.4 Å². The summed E-state index contributed by atoms with van der Waals surface area (Å²) in [5.41, 5.74) is 1.87. The number of unbranched alkanes of at least 4 members (excludes halogenated alkanes) is 1. The second-order valence-corrected chi connectivity index (χ2v) is 10.8. The molecule has 1 unspecified atom stereocenters. The molecule has 0 fully saturated rings. The van der Waals surface area contributed by atoms with E-state index in [2.05, 4.69) is 5.32 Å². The molecule has 2 aromatic carbocycles. The second-order valence-electron chi connectivity index (χ2n) is 8.88. The van der Waals surface area contributed by atoms with Crippen molar-refractivity contribution >= 4 is 27.5 Å². The molecule has 204 valence electrons. The number of amides is 2. The van der Waals surface area contributed by atoms with E-state index in [-0.39, 0.29) is 18.1 Å². The van der Waals surface area contributed by atoms with Gasteiger partial charge < -0.3 is 19.7 Å². The largest absolute Gasteiger partial charge is 0.497 e. The van der Waals surface area contributed by atoms with Crippen molar-refractivity contribution < 1.29 is 27.5 Å². The molecule has 2 rings (SSSR count). The average Bonchev–Trinajstić information content (AvgIpc) is 2.86. The van der Waals surface area contributed by atoms with Gasteiger partial charge in [-0.1, -0.05) is 38.5 Å². The number of aryl methyl sites for hydroxylation is 1. The molecule has 10 heteroatoms. The van der Waals surface area contributed by atoms with E-state index in [1.165, 1.54) is 12.0 Å². The first-order valence-electron chi connectivity index (χ1n) is 12.4. The van der Waals surface area contributed by atoms with Gasteiger partial charge >= 0.3 is 0 Å². The lowest BCUT2D eigenvalue weighted by Gasteiger charge is -2.33. The van der Waals surface area contributed by atoms with E-state index in [1.807, 2.05) is 32.9 Å². The molecule has 0 saturated heterocycles. The number of carbonyl (C=O) groups excluding carboxylic acids is 2. The third-order valence-electron chi connectivity index (χ3n) is 6.01. The van der Waals surface area contributed by atoms with Gasteiger partial charge in [-0.15, -0.1) is 0 Å². The molecule has 0 aliphatic heterocycles. The van der Waals surface area contributed by atoms with Crippen molar-refractivity contribution in [3.8, 4) is 11.5 Å². The van der Waals surface area contributed by atoms with Crippen LogP contribution in [0.15, 0.2) is 42.5 Å². The molecule has 0 saturated carbocycles. The maximum absolute atomic E-state index is 13.8. The smallest absolute Gasteiger partial charge is 0.244 e. The molecule has 0 bridgehead atoms. The van der Waals surface area contributed by atoms with Crippen molar-refractivity contribution in [1.82, 2.24) is 10.2 Å². The van der Waals surface area contributed by atoms with Gasteiger partial charge in [0.15, 0.2) is 0 Å². The summed E-state index contributed by atoms with van der Waals surface area (Å²) in [6.07, 6.45) is 3.16. The van der Waals surface area contributed by atoms with Crippen molar-refractivity contribution in [1.29, 1.82) is 0 Å². The molecule has 0 heterocycles. The lowest BCUT2D eigenvalue weighted by molar-refractivity contribution is -0.140. The third-order valence-corrected chi connectivity index (χ3v) is 7.14. The quantitative estimate of drug-likeness (QED) is 0.373. The molecule has 9 nitrogen and oxygen atoms in total. The third kappa shape index (κ3) is 8.38. The predicted octanol–water partition coefficient (Wildman–Crippen LogP) is 3.50. The average molecular weight is 534 g/mol. The van der Waals surface area contributed by atoms with E-state index >= 15 is 0 Å². The van der Waals surface area contributed by atoms with Crippen molar-refractivity contribution in [3.05, 3.63) is 53.6 Å². The zero-order chi connectivity index (χ0) is 27.6. The van der Waals surface area contributed by atoms with Crippen LogP contribution in [-0.4, -0.2) is 64.7 Å². The van der Waals surface area contributed by atoms with Crippen LogP contribution in [0.5, 0.6) is 11.5 Å². The first kappa shape index (κ1) is 30.0. The Morgan fingerprint density at radius 3 is 2.24 bits per heavy atom. The number of nitrogens with zero attached hydrogens (tertiary/aromatic N) is 2. The highest BCUT2D eigenvalue weighted by molar-refractivity contribution is 7.92. The Kier molecular flexibility index (Phi) is 11.2. The van der Waals surface area contributed by atoms with E-state index in [9.17, 15) is 18.0 Å². The molecule has 1 atom stereocenters. The van der Waals surface area contributed by atoms with Crippen LogP contribution in [0.25, 0.3) is 0 Å². The number of rotatable bonds is 14. The van der Waals surface area contributed by atoms with Gasteiger partial charge in [-0.2, -0.15) is 0 Å². The lowest BCUT2D eigenvalue weighted by Crippen LogP contribution is -2.52. The first-order valence-corrected chi connectivity index (χ1v) is 14.2. The normalized spacial score (nSPS) is 11.9. The van der Waals surface area contributed by atoms with E-state index in [0.717, 1.165) is 34.5 Å². The summed E-state index contributed by atoms with van der Waals surface area (Å²) in [5, 5.41) is 2.91. The molecular weight excluding hydrogens is 494 g/mol. The Labute approximate surface area is 220 Å². The zero-order valence-corrected chi connectivity index (χ0v) is 23.4. The molecule has 0 aliphatic carbocycles. The molecule has 1 N–H and O–H groups in total. The minimum atomic E-state index is -3.86. The van der Waals surface area contributed by atoms with Gasteiger partial charge in [-0.3, -0.25) is 13.9 Å². The summed E-state index contributed by atoms with van der Waals surface area (Å²) < 4.78 is 37.4. The Morgan fingerprint density at radius 1 is 1.03 bits per heavy atom. The summed E-state index contributed by atoms with van der Waals surface area (Å²) in [7, 11) is -0.847. The number of hydrogen-bond acceptors (Lipinski definition) is 6. The van der Waals surface area contributed by atoms with Crippen LogP contribution in [0.3, 0.4) is 0 Å². The number of hydrogen-bond donors (Lipinski definition) is 1. The summed E-state index contributed by atoms with van der Waals surface area (Å²) in [5.74, 6) is 0.231. The minimum Gasteiger partial charge on any atom is -0.497 e. The number of benzene rings is 2. The van der Waals surface area contributed by atoms with Crippen molar-refractivity contribution in [3.63, 3.8) is 0 Å². The first-order chi connectivity index (χ1) is 17.5. The number of ether oxygens (including phenoxy) is 2. The maximum atomic E-state index is 13.8. The Bertz CT molecular complexity index is 1150. The SMILES string of the molecule is CCCCNC(=O)C(CC)N(Cc1ccc(OC)cc1)C(=O)CN(c1cc(C)ccc1OC)S(C)(=O)=O. The summed E-state index contributed by atoms with van der Waals surface area (Å²) in [4.78, 5) is 28.3. The van der Waals surface area contributed by atoms with Gasteiger partial charge in [0.05, 0.1) is 26.2 Å². The van der Waals surface area contributed by atoms with Crippen LogP contribution >= 0.6 is 0 Å². The standard InChI is InChI=1S/C27H39N3O6S/c1-7-9-16-28-27(32)23(8-2)29(18-21-11-13-22(35-4)14-12-21)26(31)19-30(37(6,33)34)24-17-20(3)10-15-25(24)36-5/h10-15,17,23H,7-9,16,18-19H2,1-6H3,(H,28,32).